The molecule has 0 spiro atoms. The van der Waals surface area contributed by atoms with Gasteiger partial charge in [0.05, 0.1) is 6.61 Å². The number of pyridine rings is 1. The first kappa shape index (κ1) is 15.7. The van der Waals surface area contributed by atoms with E-state index in [9.17, 15) is 0 Å². The SMILES string of the molecule is CN=C(NCCc1nnc2ccccn12)N1CCC(COC)C1. The van der Waals surface area contributed by atoms with Crippen molar-refractivity contribution in [1.82, 2.24) is 24.8 Å². The maximum absolute atomic E-state index is 5.25. The Morgan fingerprint density at radius 2 is 2.35 bits per heavy atom. The summed E-state index contributed by atoms with van der Waals surface area (Å²) < 4.78 is 7.28. The second kappa shape index (κ2) is 7.41. The van der Waals surface area contributed by atoms with Crippen LogP contribution in [-0.4, -0.2) is 65.9 Å². The largest absolute Gasteiger partial charge is 0.384 e. The summed E-state index contributed by atoms with van der Waals surface area (Å²) in [6.45, 7) is 3.63. The standard InChI is InChI=1S/C16H24N6O/c1-17-16(21-10-7-13(11-21)12-23-2)18-8-6-15-20-19-14-5-3-4-9-22(14)15/h3-5,9,13H,6-8,10-12H2,1-2H3,(H,17,18). The number of nitrogens with one attached hydrogen (secondary N) is 1. The highest BCUT2D eigenvalue weighted by atomic mass is 16.5. The Labute approximate surface area is 136 Å². The highest BCUT2D eigenvalue weighted by Gasteiger charge is 2.24. The Kier molecular flexibility index (Phi) is 5.07. The lowest BCUT2D eigenvalue weighted by Crippen LogP contribution is -2.41. The Morgan fingerprint density at radius 3 is 3.17 bits per heavy atom. The third-order valence-corrected chi connectivity index (χ3v) is 4.22. The Bertz CT molecular complexity index is 667. The second-order valence-corrected chi connectivity index (χ2v) is 5.83. The number of aromatic nitrogens is 3. The van der Waals surface area contributed by atoms with Crippen LogP contribution in [0.3, 0.4) is 0 Å². The van der Waals surface area contributed by atoms with Crippen LogP contribution in [0.5, 0.6) is 0 Å². The molecule has 1 saturated heterocycles. The number of aliphatic imine (C=N–C) groups is 1. The highest BCUT2D eigenvalue weighted by Crippen LogP contribution is 2.16. The maximum atomic E-state index is 5.25. The number of guanidine groups is 1. The van der Waals surface area contributed by atoms with Crippen LogP contribution < -0.4 is 5.32 Å². The van der Waals surface area contributed by atoms with Gasteiger partial charge in [-0.1, -0.05) is 6.07 Å². The summed E-state index contributed by atoms with van der Waals surface area (Å²) in [5.74, 6) is 2.51. The van der Waals surface area contributed by atoms with E-state index in [1.807, 2.05) is 35.8 Å². The van der Waals surface area contributed by atoms with Crippen LogP contribution in [-0.2, 0) is 11.2 Å². The first-order valence-electron chi connectivity index (χ1n) is 8.05. The molecule has 1 aliphatic heterocycles. The summed E-state index contributed by atoms with van der Waals surface area (Å²) in [6.07, 6.45) is 3.96. The molecule has 1 N–H and O–H groups in total. The number of methoxy groups -OCH3 is 1. The van der Waals surface area contributed by atoms with E-state index in [1.54, 1.807) is 7.11 Å². The number of hydrogen-bond donors (Lipinski definition) is 1. The van der Waals surface area contributed by atoms with Crippen molar-refractivity contribution < 1.29 is 4.74 Å². The Morgan fingerprint density at radius 1 is 1.43 bits per heavy atom. The van der Waals surface area contributed by atoms with Crippen LogP contribution in [0.1, 0.15) is 12.2 Å². The van der Waals surface area contributed by atoms with Crippen molar-refractivity contribution in [2.75, 3.05) is 40.4 Å². The highest BCUT2D eigenvalue weighted by molar-refractivity contribution is 5.80. The third kappa shape index (κ3) is 3.61. The predicted octanol–water partition coefficient (Wildman–Crippen LogP) is 0.815. The van der Waals surface area contributed by atoms with Crippen LogP contribution >= 0.6 is 0 Å². The zero-order valence-electron chi connectivity index (χ0n) is 13.8. The van der Waals surface area contributed by atoms with Crippen LogP contribution in [0, 0.1) is 5.92 Å². The lowest BCUT2D eigenvalue weighted by atomic mass is 10.1. The predicted molar refractivity (Wildman–Crippen MR) is 89.6 cm³/mol. The fourth-order valence-corrected chi connectivity index (χ4v) is 3.08. The van der Waals surface area contributed by atoms with Crippen LogP contribution in [0.15, 0.2) is 29.4 Å². The number of likely N-dealkylation sites (tertiary alicyclic amines) is 1. The average Bonchev–Trinajstić information content (AvgIpc) is 3.19. The molecule has 7 nitrogen and oxygen atoms in total. The molecule has 0 saturated carbocycles. The molecule has 0 radical (unpaired) electrons. The summed E-state index contributed by atoms with van der Waals surface area (Å²) in [5.41, 5.74) is 0.883. The van der Waals surface area contributed by atoms with Crippen molar-refractivity contribution in [1.29, 1.82) is 0 Å². The molecule has 1 aliphatic rings. The Balaban J connectivity index is 1.53. The first-order chi connectivity index (χ1) is 11.3. The van der Waals surface area contributed by atoms with Gasteiger partial charge in [-0.3, -0.25) is 9.39 Å². The van der Waals surface area contributed by atoms with Gasteiger partial charge in [0.25, 0.3) is 0 Å². The molecule has 3 rings (SSSR count). The zero-order chi connectivity index (χ0) is 16.1. The maximum Gasteiger partial charge on any atom is 0.193 e. The van der Waals surface area contributed by atoms with Crippen molar-refractivity contribution in [3.05, 3.63) is 30.2 Å². The molecule has 0 aromatic carbocycles. The van der Waals surface area contributed by atoms with E-state index in [4.69, 9.17) is 4.74 Å². The van der Waals surface area contributed by atoms with Gasteiger partial charge < -0.3 is 15.0 Å². The van der Waals surface area contributed by atoms with E-state index >= 15 is 0 Å². The van der Waals surface area contributed by atoms with Crippen LogP contribution in [0.4, 0.5) is 0 Å². The van der Waals surface area contributed by atoms with Gasteiger partial charge >= 0.3 is 0 Å². The molecule has 124 valence electrons. The van der Waals surface area contributed by atoms with Gasteiger partial charge in [-0.25, -0.2) is 0 Å². The van der Waals surface area contributed by atoms with Crippen LogP contribution in [0.2, 0.25) is 0 Å². The molecule has 1 atom stereocenters. The lowest BCUT2D eigenvalue weighted by molar-refractivity contribution is 0.157. The summed E-state index contributed by atoms with van der Waals surface area (Å²) >= 11 is 0. The summed E-state index contributed by atoms with van der Waals surface area (Å²) in [7, 11) is 3.59. The average molecular weight is 316 g/mol. The van der Waals surface area contributed by atoms with E-state index in [2.05, 4.69) is 25.4 Å². The molecule has 0 aliphatic carbocycles. The minimum atomic E-state index is 0.596. The summed E-state index contributed by atoms with van der Waals surface area (Å²) in [5, 5.41) is 11.9. The van der Waals surface area contributed by atoms with E-state index in [1.165, 1.54) is 0 Å². The van der Waals surface area contributed by atoms with Crippen LogP contribution in [0.25, 0.3) is 5.65 Å². The molecule has 1 unspecified atom stereocenters. The van der Waals surface area contributed by atoms with E-state index in [-0.39, 0.29) is 0 Å². The Hall–Kier alpha value is -2.15. The minimum Gasteiger partial charge on any atom is -0.384 e. The number of ether oxygens (including phenoxy) is 1. The molecule has 2 aromatic heterocycles. The normalized spacial score (nSPS) is 18.8. The van der Waals surface area contributed by atoms with Gasteiger partial charge in [0.1, 0.15) is 5.82 Å². The number of fused-ring (bicyclic) bond motifs is 1. The molecule has 0 amide bonds. The minimum absolute atomic E-state index is 0.596. The molecule has 23 heavy (non-hydrogen) atoms. The van der Waals surface area contributed by atoms with E-state index < -0.39 is 0 Å². The molecule has 3 heterocycles. The fourth-order valence-electron chi connectivity index (χ4n) is 3.08. The van der Waals surface area contributed by atoms with E-state index in [0.29, 0.717) is 5.92 Å². The first-order valence-corrected chi connectivity index (χ1v) is 8.05. The molecular formula is C16H24N6O. The smallest absolute Gasteiger partial charge is 0.193 e. The van der Waals surface area contributed by atoms with Crippen molar-refractivity contribution in [3.63, 3.8) is 0 Å². The monoisotopic (exact) mass is 316 g/mol. The van der Waals surface area contributed by atoms with Gasteiger partial charge in [-0.15, -0.1) is 10.2 Å². The van der Waals surface area contributed by atoms with Crippen molar-refractivity contribution in [2.24, 2.45) is 10.9 Å². The van der Waals surface area contributed by atoms with E-state index in [0.717, 1.165) is 56.5 Å². The van der Waals surface area contributed by atoms with Gasteiger partial charge in [0, 0.05) is 52.3 Å². The zero-order valence-corrected chi connectivity index (χ0v) is 13.8. The summed E-state index contributed by atoms with van der Waals surface area (Å²) in [4.78, 5) is 6.69. The second-order valence-electron chi connectivity index (χ2n) is 5.83. The van der Waals surface area contributed by atoms with Crippen molar-refractivity contribution in [2.45, 2.75) is 12.8 Å². The van der Waals surface area contributed by atoms with Gasteiger partial charge in [0.2, 0.25) is 0 Å². The number of rotatable bonds is 5. The van der Waals surface area contributed by atoms with Gasteiger partial charge in [0.15, 0.2) is 11.6 Å². The summed E-state index contributed by atoms with van der Waals surface area (Å²) in [6, 6.07) is 5.92. The van der Waals surface area contributed by atoms with Crippen molar-refractivity contribution >= 4 is 11.6 Å². The van der Waals surface area contributed by atoms with Gasteiger partial charge in [-0.2, -0.15) is 0 Å². The lowest BCUT2D eigenvalue weighted by Gasteiger charge is -2.21. The molecular weight excluding hydrogens is 292 g/mol. The topological polar surface area (TPSA) is 67.0 Å². The molecule has 0 bridgehead atoms. The molecule has 1 fully saturated rings. The number of hydrogen-bond acceptors (Lipinski definition) is 4. The fraction of sp³-hybridized carbons (Fsp3) is 0.562. The third-order valence-electron chi connectivity index (χ3n) is 4.22. The quantitative estimate of drug-likeness (QED) is 0.653. The molecule has 2 aromatic rings. The van der Waals surface area contributed by atoms with Gasteiger partial charge in [-0.05, 0) is 18.6 Å². The molecule has 7 heteroatoms. The van der Waals surface area contributed by atoms with Crippen molar-refractivity contribution in [3.8, 4) is 0 Å². The number of nitrogens with zero attached hydrogens (tertiary/aromatic N) is 5.